The van der Waals surface area contributed by atoms with Crippen molar-refractivity contribution in [2.24, 2.45) is 0 Å². The van der Waals surface area contributed by atoms with E-state index >= 15 is 0 Å². The molecule has 1 N–H and O–H groups in total. The van der Waals surface area contributed by atoms with Gasteiger partial charge in [0.05, 0.1) is 5.54 Å². The number of hydrazine groups is 1. The first kappa shape index (κ1) is 19.4. The smallest absolute Gasteiger partial charge is 0.272 e. The molecule has 5 heteroatoms. The van der Waals surface area contributed by atoms with Crippen LogP contribution < -0.4 is 5.43 Å². The Balaban J connectivity index is 2.26. The highest BCUT2D eigenvalue weighted by atomic mass is 16.2. The van der Waals surface area contributed by atoms with Crippen molar-refractivity contribution in [1.82, 2.24) is 10.4 Å². The first-order chi connectivity index (χ1) is 12.1. The zero-order valence-electron chi connectivity index (χ0n) is 15.8. The van der Waals surface area contributed by atoms with E-state index in [-0.39, 0.29) is 11.7 Å². The molecular weight excluding hydrogens is 328 g/mol. The lowest BCUT2D eigenvalue weighted by Gasteiger charge is -2.35. The van der Waals surface area contributed by atoms with Gasteiger partial charge in [0.2, 0.25) is 0 Å². The number of hydrogen-bond acceptors (Lipinski definition) is 3. The van der Waals surface area contributed by atoms with Gasteiger partial charge < -0.3 is 0 Å². The van der Waals surface area contributed by atoms with Gasteiger partial charge in [0.15, 0.2) is 5.78 Å². The average molecular weight is 352 g/mol. The van der Waals surface area contributed by atoms with Gasteiger partial charge in [-0.05, 0) is 58.9 Å². The van der Waals surface area contributed by atoms with Crippen LogP contribution in [0, 0.1) is 6.92 Å². The number of ketones is 1. The van der Waals surface area contributed by atoms with Crippen LogP contribution in [0.3, 0.4) is 0 Å². The molecule has 2 amide bonds. The molecular formula is C21H24N2O3. The standard InChI is InChI=1S/C21H24N2O3/c1-14-7-6-8-18(13-14)20(26)23(21(3,4)5)22-19(25)17-11-9-16(10-12-17)15(2)24/h6-13H,1-5H3,(H,22,25). The Morgan fingerprint density at radius 3 is 1.96 bits per heavy atom. The summed E-state index contributed by atoms with van der Waals surface area (Å²) in [6.45, 7) is 8.92. The summed E-state index contributed by atoms with van der Waals surface area (Å²) in [7, 11) is 0. The van der Waals surface area contributed by atoms with Gasteiger partial charge >= 0.3 is 0 Å². The van der Waals surface area contributed by atoms with Crippen LogP contribution in [0.4, 0.5) is 0 Å². The maximum atomic E-state index is 12.9. The number of nitrogens with one attached hydrogen (secondary N) is 1. The highest BCUT2D eigenvalue weighted by Crippen LogP contribution is 2.17. The third-order valence-electron chi connectivity index (χ3n) is 3.91. The Morgan fingerprint density at radius 1 is 0.885 bits per heavy atom. The number of hydrogen-bond donors (Lipinski definition) is 1. The minimum absolute atomic E-state index is 0.0668. The zero-order chi connectivity index (χ0) is 19.5. The van der Waals surface area contributed by atoms with Gasteiger partial charge in [0, 0.05) is 16.7 Å². The second-order valence-electron chi connectivity index (χ2n) is 7.26. The lowest BCUT2D eigenvalue weighted by molar-refractivity contribution is 0.0358. The minimum Gasteiger partial charge on any atom is -0.295 e. The van der Waals surface area contributed by atoms with Crippen molar-refractivity contribution in [1.29, 1.82) is 0 Å². The maximum Gasteiger partial charge on any atom is 0.272 e. The van der Waals surface area contributed by atoms with E-state index in [4.69, 9.17) is 0 Å². The van der Waals surface area contributed by atoms with Crippen molar-refractivity contribution >= 4 is 17.6 Å². The Labute approximate surface area is 154 Å². The monoisotopic (exact) mass is 352 g/mol. The van der Waals surface area contributed by atoms with Gasteiger partial charge in [0.1, 0.15) is 0 Å². The zero-order valence-corrected chi connectivity index (χ0v) is 15.8. The van der Waals surface area contributed by atoms with E-state index in [1.165, 1.54) is 11.9 Å². The molecule has 5 nitrogen and oxygen atoms in total. The maximum absolute atomic E-state index is 12.9. The van der Waals surface area contributed by atoms with Gasteiger partial charge in [-0.15, -0.1) is 0 Å². The first-order valence-electron chi connectivity index (χ1n) is 8.43. The molecule has 0 saturated carbocycles. The van der Waals surface area contributed by atoms with Crippen molar-refractivity contribution in [2.75, 3.05) is 0 Å². The van der Waals surface area contributed by atoms with E-state index in [0.717, 1.165) is 5.56 Å². The summed E-state index contributed by atoms with van der Waals surface area (Å²) in [4.78, 5) is 36.9. The number of nitrogens with zero attached hydrogens (tertiary/aromatic N) is 1. The third-order valence-corrected chi connectivity index (χ3v) is 3.91. The van der Waals surface area contributed by atoms with Gasteiger partial charge in [0.25, 0.3) is 11.8 Å². The number of carbonyl (C=O) groups excluding carboxylic acids is 3. The third kappa shape index (κ3) is 4.57. The molecule has 0 aromatic heterocycles. The fourth-order valence-electron chi connectivity index (χ4n) is 2.45. The number of amides is 2. The van der Waals surface area contributed by atoms with Gasteiger partial charge in [-0.25, -0.2) is 5.01 Å². The number of Topliss-reactive ketones (excluding diaryl/α,β-unsaturated/α-hetero) is 1. The minimum atomic E-state index is -0.615. The quantitative estimate of drug-likeness (QED) is 0.675. The van der Waals surface area contributed by atoms with Crippen molar-refractivity contribution < 1.29 is 14.4 Å². The average Bonchev–Trinajstić information content (AvgIpc) is 2.58. The van der Waals surface area contributed by atoms with Crippen LogP contribution in [0.2, 0.25) is 0 Å². The van der Waals surface area contributed by atoms with Gasteiger partial charge in [-0.3, -0.25) is 19.8 Å². The summed E-state index contributed by atoms with van der Waals surface area (Å²) >= 11 is 0. The van der Waals surface area contributed by atoms with Crippen LogP contribution in [0.5, 0.6) is 0 Å². The summed E-state index contributed by atoms with van der Waals surface area (Å²) in [6, 6.07) is 13.6. The van der Waals surface area contributed by atoms with E-state index in [1.807, 2.05) is 39.8 Å². The van der Waals surface area contributed by atoms with E-state index in [1.54, 1.807) is 36.4 Å². The Morgan fingerprint density at radius 2 is 1.46 bits per heavy atom. The molecule has 0 fully saturated rings. The number of carbonyl (C=O) groups is 3. The molecule has 2 aromatic rings. The molecule has 0 spiro atoms. The summed E-state index contributed by atoms with van der Waals surface area (Å²) < 4.78 is 0. The summed E-state index contributed by atoms with van der Waals surface area (Å²) in [5.41, 5.74) is 4.47. The summed E-state index contributed by atoms with van der Waals surface area (Å²) in [6.07, 6.45) is 0. The fourth-order valence-corrected chi connectivity index (χ4v) is 2.45. The molecule has 0 atom stereocenters. The SMILES string of the molecule is CC(=O)c1ccc(C(=O)NN(C(=O)c2cccc(C)c2)C(C)(C)C)cc1. The topological polar surface area (TPSA) is 66.5 Å². The molecule has 0 heterocycles. The van der Waals surface area contributed by atoms with E-state index in [9.17, 15) is 14.4 Å². The van der Waals surface area contributed by atoms with Crippen LogP contribution >= 0.6 is 0 Å². The fraction of sp³-hybridized carbons (Fsp3) is 0.286. The second kappa shape index (κ2) is 7.52. The van der Waals surface area contributed by atoms with Gasteiger partial charge in [-0.1, -0.05) is 29.8 Å². The predicted molar refractivity (Wildman–Crippen MR) is 101 cm³/mol. The second-order valence-corrected chi connectivity index (χ2v) is 7.26. The van der Waals surface area contributed by atoms with E-state index in [0.29, 0.717) is 16.7 Å². The van der Waals surface area contributed by atoms with E-state index in [2.05, 4.69) is 5.43 Å². The van der Waals surface area contributed by atoms with Gasteiger partial charge in [-0.2, -0.15) is 0 Å². The molecule has 0 aliphatic carbocycles. The first-order valence-corrected chi connectivity index (χ1v) is 8.43. The van der Waals surface area contributed by atoms with Crippen LogP contribution in [0.25, 0.3) is 0 Å². The summed E-state index contributed by atoms with van der Waals surface area (Å²) in [5, 5.41) is 1.34. The van der Waals surface area contributed by atoms with Crippen LogP contribution in [-0.4, -0.2) is 28.1 Å². The van der Waals surface area contributed by atoms with Crippen molar-refractivity contribution in [3.8, 4) is 0 Å². The Bertz CT molecular complexity index is 833. The molecule has 0 bridgehead atoms. The molecule has 0 aliphatic heterocycles. The molecule has 0 saturated heterocycles. The molecule has 136 valence electrons. The molecule has 0 aliphatic rings. The number of benzene rings is 2. The highest BCUT2D eigenvalue weighted by Gasteiger charge is 2.29. The van der Waals surface area contributed by atoms with Crippen molar-refractivity contribution in [3.63, 3.8) is 0 Å². The molecule has 0 radical (unpaired) electrons. The van der Waals surface area contributed by atoms with Crippen molar-refractivity contribution in [2.45, 2.75) is 40.2 Å². The number of rotatable bonds is 3. The lowest BCUT2D eigenvalue weighted by atomic mass is 10.0. The summed E-state index contributed by atoms with van der Waals surface area (Å²) in [5.74, 6) is -0.756. The van der Waals surface area contributed by atoms with Crippen LogP contribution in [-0.2, 0) is 0 Å². The molecule has 0 unspecified atom stereocenters. The van der Waals surface area contributed by atoms with Crippen LogP contribution in [0.1, 0.15) is 64.3 Å². The molecule has 2 aromatic carbocycles. The van der Waals surface area contributed by atoms with Crippen LogP contribution in [0.15, 0.2) is 48.5 Å². The highest BCUT2D eigenvalue weighted by molar-refractivity contribution is 6.00. The molecule has 26 heavy (non-hydrogen) atoms. The van der Waals surface area contributed by atoms with Crippen molar-refractivity contribution in [3.05, 3.63) is 70.8 Å². The predicted octanol–water partition coefficient (Wildman–Crippen LogP) is 3.78. The Kier molecular flexibility index (Phi) is 5.60. The van der Waals surface area contributed by atoms with E-state index < -0.39 is 11.4 Å². The largest absolute Gasteiger partial charge is 0.295 e. The Hall–Kier alpha value is -2.95. The normalized spacial score (nSPS) is 11.0. The number of aryl methyl sites for hydroxylation is 1. The molecule has 2 rings (SSSR count). The lowest BCUT2D eigenvalue weighted by Crippen LogP contribution is -2.55.